The Bertz CT molecular complexity index is 1280. The van der Waals surface area contributed by atoms with Crippen LogP contribution in [0.2, 0.25) is 0 Å². The molecule has 188 valence electrons. The number of hydrogen-bond acceptors (Lipinski definition) is 8. The number of methoxy groups -OCH3 is 2. The Balaban J connectivity index is 1.48. The van der Waals surface area contributed by atoms with E-state index < -0.39 is 34.2 Å². The third kappa shape index (κ3) is 3.53. The van der Waals surface area contributed by atoms with Gasteiger partial charge in [-0.05, 0) is 48.6 Å². The van der Waals surface area contributed by atoms with Gasteiger partial charge in [-0.3, -0.25) is 29.9 Å². The molecular formula is C25H26N4O7. The van der Waals surface area contributed by atoms with E-state index in [9.17, 15) is 24.5 Å². The Morgan fingerprint density at radius 3 is 2.61 bits per heavy atom. The van der Waals surface area contributed by atoms with Crippen LogP contribution in [0.5, 0.6) is 11.5 Å². The number of rotatable bonds is 6. The molecule has 1 N–H and O–H groups in total. The van der Waals surface area contributed by atoms with Crippen LogP contribution in [-0.2, 0) is 22.4 Å². The molecule has 3 aliphatic rings. The van der Waals surface area contributed by atoms with Crippen LogP contribution < -0.4 is 19.7 Å². The Morgan fingerprint density at radius 1 is 1.11 bits per heavy atom. The molecule has 2 saturated heterocycles. The molecule has 0 unspecified atom stereocenters. The third-order valence-corrected chi connectivity index (χ3v) is 7.44. The Kier molecular flexibility index (Phi) is 5.77. The molecular weight excluding hydrogens is 468 g/mol. The molecule has 2 atom stereocenters. The number of amides is 4. The van der Waals surface area contributed by atoms with Crippen LogP contribution in [-0.4, -0.2) is 61.0 Å². The number of ether oxygens (including phenoxy) is 2. The second-order valence-corrected chi connectivity index (χ2v) is 9.23. The third-order valence-electron chi connectivity index (χ3n) is 7.44. The van der Waals surface area contributed by atoms with Gasteiger partial charge in [0.15, 0.2) is 16.9 Å². The summed E-state index contributed by atoms with van der Waals surface area (Å²) in [6, 6.07) is 8.71. The molecule has 11 nitrogen and oxygen atoms in total. The zero-order chi connectivity index (χ0) is 25.6. The van der Waals surface area contributed by atoms with Crippen LogP contribution in [0.25, 0.3) is 0 Å². The maximum Gasteiger partial charge on any atom is 0.330 e. The first kappa shape index (κ1) is 23.6. The number of nitro groups is 1. The maximum absolute atomic E-state index is 14.0. The van der Waals surface area contributed by atoms with E-state index in [1.807, 2.05) is 11.0 Å². The first-order chi connectivity index (χ1) is 17.3. The topological polar surface area (TPSA) is 131 Å². The van der Waals surface area contributed by atoms with Gasteiger partial charge in [-0.1, -0.05) is 6.07 Å². The van der Waals surface area contributed by atoms with Crippen molar-refractivity contribution < 1.29 is 28.8 Å². The fourth-order valence-electron chi connectivity index (χ4n) is 5.73. The summed E-state index contributed by atoms with van der Waals surface area (Å²) >= 11 is 0. The minimum atomic E-state index is -1.54. The number of anilines is 1. The molecule has 0 bridgehead atoms. The summed E-state index contributed by atoms with van der Waals surface area (Å²) in [6.07, 6.45) is 1.71. The number of imide groups is 2. The van der Waals surface area contributed by atoms with Gasteiger partial charge in [0.25, 0.3) is 5.69 Å². The van der Waals surface area contributed by atoms with Crippen molar-refractivity contribution in [3.8, 4) is 11.5 Å². The first-order valence-electron chi connectivity index (χ1n) is 11.7. The lowest BCUT2D eigenvalue weighted by atomic mass is 9.68. The summed E-state index contributed by atoms with van der Waals surface area (Å²) in [5.74, 6) is -0.114. The van der Waals surface area contributed by atoms with E-state index in [0.29, 0.717) is 36.4 Å². The number of nitrogens with zero attached hydrogens (tertiary/aromatic N) is 3. The summed E-state index contributed by atoms with van der Waals surface area (Å²) < 4.78 is 10.6. The van der Waals surface area contributed by atoms with Crippen LogP contribution >= 0.6 is 0 Å². The number of nitrogens with one attached hydrogen (secondary N) is 1. The number of benzene rings is 2. The summed E-state index contributed by atoms with van der Waals surface area (Å²) in [4.78, 5) is 54.1. The van der Waals surface area contributed by atoms with Crippen LogP contribution in [0, 0.1) is 15.5 Å². The molecule has 5 rings (SSSR count). The van der Waals surface area contributed by atoms with Crippen LogP contribution in [0.4, 0.5) is 16.2 Å². The first-order valence-corrected chi connectivity index (χ1v) is 11.7. The van der Waals surface area contributed by atoms with Gasteiger partial charge >= 0.3 is 6.03 Å². The van der Waals surface area contributed by atoms with Crippen molar-refractivity contribution in [2.24, 2.45) is 5.41 Å². The smallest absolute Gasteiger partial charge is 0.330 e. The van der Waals surface area contributed by atoms with Gasteiger partial charge in [0.2, 0.25) is 11.8 Å². The molecule has 0 saturated carbocycles. The molecule has 4 amide bonds. The molecule has 0 aromatic heterocycles. The predicted octanol–water partition coefficient (Wildman–Crippen LogP) is 2.44. The molecule has 3 heterocycles. The van der Waals surface area contributed by atoms with Crippen molar-refractivity contribution in [1.82, 2.24) is 10.2 Å². The van der Waals surface area contributed by atoms with Crippen molar-refractivity contribution in [1.29, 1.82) is 0 Å². The monoisotopic (exact) mass is 494 g/mol. The highest BCUT2D eigenvalue weighted by atomic mass is 16.6. The van der Waals surface area contributed by atoms with Crippen LogP contribution in [0.3, 0.4) is 0 Å². The van der Waals surface area contributed by atoms with E-state index in [2.05, 4.69) is 5.32 Å². The lowest BCUT2D eigenvalue weighted by molar-refractivity contribution is -0.384. The fraction of sp³-hybridized carbons (Fsp3) is 0.400. The van der Waals surface area contributed by atoms with Crippen LogP contribution in [0.15, 0.2) is 36.4 Å². The van der Waals surface area contributed by atoms with Crippen LogP contribution in [0.1, 0.15) is 24.0 Å². The molecule has 36 heavy (non-hydrogen) atoms. The number of hydrogen-bond donors (Lipinski definition) is 1. The lowest BCUT2D eigenvalue weighted by Gasteiger charge is -2.49. The quantitative estimate of drug-likeness (QED) is 0.368. The molecule has 0 radical (unpaired) electrons. The highest BCUT2D eigenvalue weighted by Gasteiger charge is 2.62. The average molecular weight is 495 g/mol. The fourth-order valence-corrected chi connectivity index (χ4v) is 5.73. The zero-order valence-corrected chi connectivity index (χ0v) is 20.0. The number of barbiturate groups is 1. The molecule has 2 aromatic carbocycles. The Morgan fingerprint density at radius 2 is 1.89 bits per heavy atom. The summed E-state index contributed by atoms with van der Waals surface area (Å²) in [5.41, 5.74) is 0.533. The van der Waals surface area contributed by atoms with Crippen molar-refractivity contribution in [3.05, 3.63) is 57.6 Å². The standard InChI is InChI=1S/C25H26N4O7/c1-35-19-8-5-15(12-20(19)36-2)9-11-28-23(31)25(22(30)26-24(28)32)14-16-13-17(29(33)34)6-7-18(16)27-10-3-4-21(25)27/h5-8,12-13,21H,3-4,9-11,14H2,1-2H3,(H,26,30,32)/t21-,25+/m0/s1. The van der Waals surface area contributed by atoms with Gasteiger partial charge in [-0.25, -0.2) is 4.79 Å². The van der Waals surface area contributed by atoms with E-state index in [4.69, 9.17) is 9.47 Å². The molecule has 3 aliphatic heterocycles. The second-order valence-electron chi connectivity index (χ2n) is 9.23. The number of fused-ring (bicyclic) bond motifs is 4. The van der Waals surface area contributed by atoms with E-state index in [1.54, 1.807) is 18.2 Å². The average Bonchev–Trinajstić information content (AvgIpc) is 3.37. The van der Waals surface area contributed by atoms with Gasteiger partial charge in [0.05, 0.1) is 25.2 Å². The minimum absolute atomic E-state index is 0.00398. The van der Waals surface area contributed by atoms with Gasteiger partial charge in [0, 0.05) is 37.3 Å². The van der Waals surface area contributed by atoms with Gasteiger partial charge < -0.3 is 14.4 Å². The van der Waals surface area contributed by atoms with Gasteiger partial charge in [-0.15, -0.1) is 0 Å². The van der Waals surface area contributed by atoms with Gasteiger partial charge in [0.1, 0.15) is 0 Å². The summed E-state index contributed by atoms with van der Waals surface area (Å²) in [7, 11) is 3.06. The zero-order valence-electron chi connectivity index (χ0n) is 20.0. The van der Waals surface area contributed by atoms with Gasteiger partial charge in [-0.2, -0.15) is 0 Å². The second kappa shape index (κ2) is 8.81. The summed E-state index contributed by atoms with van der Waals surface area (Å²) in [6.45, 7) is 0.682. The number of nitro benzene ring substituents is 1. The number of carbonyl (C=O) groups is 3. The molecule has 1 spiro atoms. The van der Waals surface area contributed by atoms with Crippen molar-refractivity contribution in [2.45, 2.75) is 31.7 Å². The number of non-ortho nitro benzene ring substituents is 1. The van der Waals surface area contributed by atoms with E-state index >= 15 is 0 Å². The molecule has 11 heteroatoms. The Labute approximate surface area is 207 Å². The van der Waals surface area contributed by atoms with E-state index in [1.165, 1.54) is 26.4 Å². The predicted molar refractivity (Wildman–Crippen MR) is 128 cm³/mol. The van der Waals surface area contributed by atoms with Crippen molar-refractivity contribution >= 4 is 29.2 Å². The number of urea groups is 1. The minimum Gasteiger partial charge on any atom is -0.493 e. The van der Waals surface area contributed by atoms with Crippen molar-refractivity contribution in [2.75, 3.05) is 32.2 Å². The molecule has 2 fully saturated rings. The van der Waals surface area contributed by atoms with E-state index in [-0.39, 0.29) is 18.7 Å². The maximum atomic E-state index is 14.0. The van der Waals surface area contributed by atoms with Crippen molar-refractivity contribution in [3.63, 3.8) is 0 Å². The molecule has 0 aliphatic carbocycles. The van der Waals surface area contributed by atoms with E-state index in [0.717, 1.165) is 22.6 Å². The largest absolute Gasteiger partial charge is 0.493 e. The molecule has 2 aromatic rings. The Hall–Kier alpha value is -4.15. The SMILES string of the molecule is COc1ccc(CCN2C(=O)NC(=O)[C@]3(Cc4cc([N+](=O)[O-])ccc4N4CCC[C@H]43)C2=O)cc1OC. The highest BCUT2D eigenvalue weighted by Crippen LogP contribution is 2.49. The lowest BCUT2D eigenvalue weighted by Crippen LogP contribution is -2.71. The number of carbonyl (C=O) groups excluding carboxylic acids is 3. The normalized spacial score (nSPS) is 22.8. The summed E-state index contributed by atoms with van der Waals surface area (Å²) in [5, 5.41) is 13.8. The highest BCUT2D eigenvalue weighted by molar-refractivity contribution is 6.20.